The van der Waals surface area contributed by atoms with Crippen LogP contribution in [0, 0.1) is 0 Å². The maximum absolute atomic E-state index is 9.97. The molecule has 12 rings (SSSR count). The molecule has 0 radical (unpaired) electrons. The third-order valence-electron chi connectivity index (χ3n) is 9.72. The average Bonchev–Trinajstić information content (AvgIpc) is 3.76. The summed E-state index contributed by atoms with van der Waals surface area (Å²) in [7, 11) is 0. The van der Waals surface area contributed by atoms with Crippen molar-refractivity contribution in [1.29, 1.82) is 0 Å². The highest BCUT2D eigenvalue weighted by atomic mass is 16.3. The highest BCUT2D eigenvalue weighted by molar-refractivity contribution is 6.15. The second-order valence-corrected chi connectivity index (χ2v) is 12.9. The molecule has 3 heterocycles. The van der Waals surface area contributed by atoms with Crippen LogP contribution in [-0.4, -0.2) is 9.13 Å². The number of para-hydroxylation sites is 3. The van der Waals surface area contributed by atoms with Crippen molar-refractivity contribution in [3.8, 4) is 44.8 Å². The van der Waals surface area contributed by atoms with Gasteiger partial charge in [0.15, 0.2) is 0 Å². The van der Waals surface area contributed by atoms with Gasteiger partial charge in [-0.25, -0.2) is 0 Å². The first kappa shape index (κ1) is 15.9. The van der Waals surface area contributed by atoms with Crippen molar-refractivity contribution >= 4 is 65.6 Å². The van der Waals surface area contributed by atoms with Gasteiger partial charge in [-0.2, -0.15) is 0 Å². The highest BCUT2D eigenvalue weighted by Gasteiger charge is 2.18. The topological polar surface area (TPSA) is 23.0 Å². The lowest BCUT2D eigenvalue weighted by Crippen LogP contribution is -1.94. The molecule has 57 heavy (non-hydrogen) atoms. The molecule has 0 atom stereocenters. The first-order chi connectivity index (χ1) is 38.7. The molecule has 3 heteroatoms. The van der Waals surface area contributed by atoms with E-state index in [0.29, 0.717) is 0 Å². The summed E-state index contributed by atoms with van der Waals surface area (Å²) in [5.41, 5.74) is -5.51. The zero-order chi connectivity index (χ0) is 59.2. The van der Waals surface area contributed by atoms with Crippen molar-refractivity contribution in [3.05, 3.63) is 206 Å². The van der Waals surface area contributed by atoms with Crippen molar-refractivity contribution in [2.45, 2.75) is 0 Å². The van der Waals surface area contributed by atoms with Gasteiger partial charge >= 0.3 is 0 Å². The fourth-order valence-electron chi connectivity index (χ4n) is 7.24. The van der Waals surface area contributed by atoms with E-state index in [9.17, 15) is 17.8 Å². The first-order valence-electron chi connectivity index (χ1n) is 30.0. The summed E-state index contributed by atoms with van der Waals surface area (Å²) >= 11 is 0. The fraction of sp³-hybridized carbons (Fsp3) is 0. The molecule has 266 valence electrons. The Labute approximate surface area is 364 Å². The van der Waals surface area contributed by atoms with Crippen LogP contribution in [0.15, 0.2) is 210 Å². The number of benzene rings is 9. The van der Waals surface area contributed by atoms with Gasteiger partial charge in [-0.1, -0.05) is 133 Å². The van der Waals surface area contributed by atoms with E-state index < -0.39 is 200 Å². The van der Waals surface area contributed by atoms with E-state index >= 15 is 0 Å². The Morgan fingerprint density at radius 3 is 1.93 bits per heavy atom. The minimum Gasteiger partial charge on any atom is -0.456 e. The van der Waals surface area contributed by atoms with Gasteiger partial charge in [0.2, 0.25) is 0 Å². The molecular weight excluding hydrogens is 693 g/mol. The van der Waals surface area contributed by atoms with E-state index in [-0.39, 0.29) is 61.7 Å². The summed E-state index contributed by atoms with van der Waals surface area (Å²) in [5.74, 6) is 0. The maximum Gasteiger partial charge on any atom is 0.137 e. The summed E-state index contributed by atoms with van der Waals surface area (Å²) in [4.78, 5) is 0. The van der Waals surface area contributed by atoms with Gasteiger partial charge < -0.3 is 13.6 Å². The normalized spacial score (nSPS) is 18.0. The van der Waals surface area contributed by atoms with Crippen molar-refractivity contribution in [2.24, 2.45) is 0 Å². The van der Waals surface area contributed by atoms with Crippen molar-refractivity contribution in [2.75, 3.05) is 0 Å². The number of furan rings is 1. The zero-order valence-electron chi connectivity index (χ0n) is 54.0. The highest BCUT2D eigenvalue weighted by Crippen LogP contribution is 2.41. The van der Waals surface area contributed by atoms with Gasteiger partial charge in [0.1, 0.15) is 11.2 Å². The number of aromatic nitrogens is 2. The fourth-order valence-corrected chi connectivity index (χ4v) is 7.24. The minimum absolute atomic E-state index is 0.0840. The van der Waals surface area contributed by atoms with Crippen molar-refractivity contribution in [1.82, 2.24) is 9.13 Å². The van der Waals surface area contributed by atoms with Crippen LogP contribution >= 0.6 is 0 Å². The van der Waals surface area contributed by atoms with E-state index in [0.717, 1.165) is 10.6 Å². The molecule has 0 saturated carbocycles. The molecular formula is C54H34N2O. The zero-order valence-corrected chi connectivity index (χ0v) is 29.0. The third kappa shape index (κ3) is 4.92. The number of nitrogens with zero attached hydrogens (tertiary/aromatic N) is 2. The van der Waals surface area contributed by atoms with Gasteiger partial charge in [0, 0.05) is 49.7 Å². The van der Waals surface area contributed by atoms with E-state index in [4.69, 9.17) is 20.9 Å². The molecule has 0 bridgehead atoms. The second-order valence-electron chi connectivity index (χ2n) is 12.9. The predicted octanol–water partition coefficient (Wildman–Crippen LogP) is 14.8. The molecule has 12 aromatic rings. The van der Waals surface area contributed by atoms with Crippen molar-refractivity contribution < 1.29 is 38.7 Å². The van der Waals surface area contributed by atoms with Gasteiger partial charge in [-0.05, 0) is 99.9 Å². The molecule has 0 aliphatic rings. The molecule has 0 aliphatic carbocycles. The molecule has 0 N–H and O–H groups in total. The van der Waals surface area contributed by atoms with E-state index in [2.05, 4.69) is 0 Å². The van der Waals surface area contributed by atoms with E-state index in [1.54, 1.807) is 30.3 Å². The largest absolute Gasteiger partial charge is 0.456 e. The Morgan fingerprint density at radius 2 is 1.05 bits per heavy atom. The Bertz CT molecular complexity index is 4990. The Hall–Kier alpha value is -7.62. The van der Waals surface area contributed by atoms with Gasteiger partial charge in [0.05, 0.1) is 56.3 Å². The van der Waals surface area contributed by atoms with Crippen LogP contribution in [0.4, 0.5) is 0 Å². The molecule has 0 saturated heterocycles. The Morgan fingerprint density at radius 1 is 0.351 bits per heavy atom. The Balaban J connectivity index is 1.21. The minimum atomic E-state index is -0.919. The van der Waals surface area contributed by atoms with Crippen LogP contribution in [-0.2, 0) is 0 Å². The number of hydrogen-bond acceptors (Lipinski definition) is 1. The first-order valence-corrected chi connectivity index (χ1v) is 17.5. The predicted molar refractivity (Wildman–Crippen MR) is 239 cm³/mol. The van der Waals surface area contributed by atoms with Crippen LogP contribution in [0.5, 0.6) is 0 Å². The maximum atomic E-state index is 9.97. The summed E-state index contributed by atoms with van der Waals surface area (Å²) < 4.78 is 238. The van der Waals surface area contributed by atoms with E-state index in [1.807, 2.05) is 0 Å². The van der Waals surface area contributed by atoms with Crippen LogP contribution in [0.1, 0.15) is 34.3 Å². The number of rotatable bonds is 5. The monoisotopic (exact) mass is 751 g/mol. The van der Waals surface area contributed by atoms with Gasteiger partial charge in [-0.15, -0.1) is 0 Å². The number of fused-ring (bicyclic) bond motifs is 9. The average molecular weight is 752 g/mol. The lowest BCUT2D eigenvalue weighted by molar-refractivity contribution is 0.668. The van der Waals surface area contributed by atoms with Crippen LogP contribution in [0.25, 0.3) is 110 Å². The Kier molecular flexibility index (Phi) is 3.46. The van der Waals surface area contributed by atoms with E-state index in [1.165, 1.54) is 22.8 Å². The van der Waals surface area contributed by atoms with Crippen LogP contribution in [0.3, 0.4) is 0 Å². The second kappa shape index (κ2) is 12.5. The molecule has 3 nitrogen and oxygen atoms in total. The summed E-state index contributed by atoms with van der Waals surface area (Å²) in [6.45, 7) is 0. The van der Waals surface area contributed by atoms with Gasteiger partial charge in [-0.3, -0.25) is 0 Å². The number of hydrogen-bond donors (Lipinski definition) is 0. The molecule has 0 spiro atoms. The van der Waals surface area contributed by atoms with Crippen LogP contribution < -0.4 is 0 Å². The summed E-state index contributed by atoms with van der Waals surface area (Å²) in [6.07, 6.45) is 0. The standard InChI is InChI=1S/C54H34N2O/c1-3-13-35(14-4-1)36-15-11-16-39(31-36)42-21-12-24-52-54(42)46-29-27-41(34-53(46)57-52)56-49-23-10-8-20-44(49)47-32-37(26-30-50(47)56)38-25-28-45-43-19-7-9-22-48(43)55(51(45)33-38)40-17-5-2-6-18-40/h1-34H/i3D,7D,8D,9D,10D,11D,12D,14D,15D,19D,20D,21D,22D,23D,24D,25D,26D,27D,28D,29D,30D,31D,32D,33D,34D. The molecule has 0 aliphatic heterocycles. The molecule has 0 fully saturated rings. The molecule has 0 amide bonds. The third-order valence-corrected chi connectivity index (χ3v) is 9.72. The lowest BCUT2D eigenvalue weighted by atomic mass is 9.96. The molecule has 0 unspecified atom stereocenters. The summed E-state index contributed by atoms with van der Waals surface area (Å²) in [5, 5.41) is -2.25. The smallest absolute Gasteiger partial charge is 0.137 e. The van der Waals surface area contributed by atoms with Crippen LogP contribution in [0.2, 0.25) is 0 Å². The quantitative estimate of drug-likeness (QED) is 0.172. The van der Waals surface area contributed by atoms with Crippen molar-refractivity contribution in [3.63, 3.8) is 0 Å². The lowest BCUT2D eigenvalue weighted by Gasteiger charge is -2.10. The SMILES string of the molecule is [2H]c1ccc([2H])c(-c2c([2H])c([2H])cc(-c3c([2H])c([2H])c([2H])c4oc5c([2H])c(-n6c7c([2H])c([2H])c([2H])c([2H])c7c7c([2H])c(-c8c([2H])c([2H])c9c%10c([2H])c([2H])c([2H])c([2H])c%10n(-c%10ccccc%10)c9c8[2H])c([2H])c([2H])c76)c([2H])c([2H])c5c34)c2[2H])c1. The molecule has 3 aromatic heterocycles. The summed E-state index contributed by atoms with van der Waals surface area (Å²) in [6, 6.07) is -4.50. The van der Waals surface area contributed by atoms with Gasteiger partial charge in [0.25, 0.3) is 0 Å². The molecule has 9 aromatic carbocycles.